The zero-order valence-corrected chi connectivity index (χ0v) is 7.22. The lowest BCUT2D eigenvalue weighted by molar-refractivity contribution is 0.0664. The normalized spacial score (nSPS) is 10.6. The largest absolute Gasteiger partial charge is 0.475 e. The summed E-state index contributed by atoms with van der Waals surface area (Å²) < 4.78 is 6.09. The number of hydrogen-bond acceptors (Lipinski definition) is 4. The molecule has 2 aromatic heterocycles. The first-order valence-corrected chi connectivity index (χ1v) is 3.78. The lowest BCUT2D eigenvalue weighted by atomic mass is 10.3. The Kier molecular flexibility index (Phi) is 1.63. The first-order valence-electron chi connectivity index (χ1n) is 3.78. The van der Waals surface area contributed by atoms with E-state index in [4.69, 9.17) is 9.52 Å². The standard InChI is InChI=1S/C8H6N2O4/c1-10-3-9-6-4(7(10)11)2-5(14-6)8(12)13/h2-3H,1H3,(H,12,13). The fourth-order valence-electron chi connectivity index (χ4n) is 1.12. The zero-order chi connectivity index (χ0) is 10.3. The lowest BCUT2D eigenvalue weighted by Crippen LogP contribution is -2.15. The van der Waals surface area contributed by atoms with Crippen molar-refractivity contribution in [1.82, 2.24) is 9.55 Å². The Morgan fingerprint density at radius 2 is 2.36 bits per heavy atom. The molecular weight excluding hydrogens is 188 g/mol. The smallest absolute Gasteiger partial charge is 0.371 e. The van der Waals surface area contributed by atoms with Gasteiger partial charge in [0.15, 0.2) is 0 Å². The van der Waals surface area contributed by atoms with E-state index in [1.54, 1.807) is 0 Å². The van der Waals surface area contributed by atoms with Crippen molar-refractivity contribution in [3.8, 4) is 0 Å². The maximum atomic E-state index is 11.4. The molecule has 0 aliphatic rings. The second kappa shape index (κ2) is 2.69. The zero-order valence-electron chi connectivity index (χ0n) is 7.22. The van der Waals surface area contributed by atoms with Crippen molar-refractivity contribution in [3.63, 3.8) is 0 Å². The molecule has 0 unspecified atom stereocenters. The van der Waals surface area contributed by atoms with Crippen LogP contribution in [0.1, 0.15) is 10.6 Å². The summed E-state index contributed by atoms with van der Waals surface area (Å²) >= 11 is 0. The number of fused-ring (bicyclic) bond motifs is 1. The van der Waals surface area contributed by atoms with Crippen LogP contribution >= 0.6 is 0 Å². The molecule has 14 heavy (non-hydrogen) atoms. The minimum Gasteiger partial charge on any atom is -0.475 e. The van der Waals surface area contributed by atoms with Crippen LogP contribution in [-0.2, 0) is 7.05 Å². The van der Waals surface area contributed by atoms with E-state index in [0.717, 1.165) is 0 Å². The average Bonchev–Trinajstić information content (AvgIpc) is 2.56. The van der Waals surface area contributed by atoms with Crippen molar-refractivity contribution >= 4 is 17.1 Å². The van der Waals surface area contributed by atoms with Crippen molar-refractivity contribution in [2.75, 3.05) is 0 Å². The van der Waals surface area contributed by atoms with Gasteiger partial charge in [-0.2, -0.15) is 0 Å². The SMILES string of the molecule is Cn1cnc2oc(C(=O)O)cc2c1=O. The number of aromatic carboxylic acids is 1. The molecule has 6 nitrogen and oxygen atoms in total. The van der Waals surface area contributed by atoms with Crippen LogP contribution in [0.25, 0.3) is 11.1 Å². The Bertz CT molecular complexity index is 566. The number of rotatable bonds is 1. The van der Waals surface area contributed by atoms with Crippen molar-refractivity contribution < 1.29 is 14.3 Å². The van der Waals surface area contributed by atoms with Crippen LogP contribution in [0.3, 0.4) is 0 Å². The molecule has 1 N–H and O–H groups in total. The van der Waals surface area contributed by atoms with Crippen LogP contribution < -0.4 is 5.56 Å². The molecule has 2 rings (SSSR count). The van der Waals surface area contributed by atoms with Crippen molar-refractivity contribution in [2.45, 2.75) is 0 Å². The summed E-state index contributed by atoms with van der Waals surface area (Å²) in [5.74, 6) is -1.50. The van der Waals surface area contributed by atoms with Gasteiger partial charge >= 0.3 is 5.97 Å². The maximum absolute atomic E-state index is 11.4. The number of furan rings is 1. The van der Waals surface area contributed by atoms with Gasteiger partial charge < -0.3 is 14.1 Å². The third-order valence-corrected chi connectivity index (χ3v) is 1.82. The maximum Gasteiger partial charge on any atom is 0.371 e. The molecular formula is C8H6N2O4. The van der Waals surface area contributed by atoms with Crippen LogP contribution in [0, 0.1) is 0 Å². The molecule has 2 heterocycles. The van der Waals surface area contributed by atoms with Crippen molar-refractivity contribution in [1.29, 1.82) is 0 Å². The quantitative estimate of drug-likeness (QED) is 0.702. The molecule has 0 saturated carbocycles. The molecule has 0 aliphatic carbocycles. The van der Waals surface area contributed by atoms with E-state index in [1.807, 2.05) is 0 Å². The van der Waals surface area contributed by atoms with E-state index in [0.29, 0.717) is 0 Å². The molecule has 0 radical (unpaired) electrons. The van der Waals surface area contributed by atoms with E-state index in [2.05, 4.69) is 4.98 Å². The second-order valence-corrected chi connectivity index (χ2v) is 2.80. The molecule has 0 atom stereocenters. The fourth-order valence-corrected chi connectivity index (χ4v) is 1.12. The molecule has 6 heteroatoms. The second-order valence-electron chi connectivity index (χ2n) is 2.80. The molecule has 0 aliphatic heterocycles. The molecule has 0 amide bonds. The number of aromatic nitrogens is 2. The number of nitrogens with zero attached hydrogens (tertiary/aromatic N) is 2. The van der Waals surface area contributed by atoms with Crippen LogP contribution in [0.5, 0.6) is 0 Å². The predicted molar refractivity (Wildman–Crippen MR) is 46.2 cm³/mol. The van der Waals surface area contributed by atoms with Crippen LogP contribution in [0.2, 0.25) is 0 Å². The summed E-state index contributed by atoms with van der Waals surface area (Å²) in [6.07, 6.45) is 1.28. The Hall–Kier alpha value is -2.11. The number of carbonyl (C=O) groups is 1. The highest BCUT2D eigenvalue weighted by molar-refractivity contribution is 5.89. The predicted octanol–water partition coefficient (Wildman–Crippen LogP) is 0.225. The Morgan fingerprint density at radius 3 is 3.00 bits per heavy atom. The highest BCUT2D eigenvalue weighted by Crippen LogP contribution is 2.12. The van der Waals surface area contributed by atoms with Gasteiger partial charge in [0.05, 0.1) is 0 Å². The Balaban J connectivity index is 2.84. The monoisotopic (exact) mass is 194 g/mol. The van der Waals surface area contributed by atoms with Gasteiger partial charge in [-0.25, -0.2) is 9.78 Å². The van der Waals surface area contributed by atoms with Gasteiger partial charge in [-0.15, -0.1) is 0 Å². The minimum atomic E-state index is -1.22. The lowest BCUT2D eigenvalue weighted by Gasteiger charge is -1.92. The average molecular weight is 194 g/mol. The molecule has 0 saturated heterocycles. The summed E-state index contributed by atoms with van der Waals surface area (Å²) in [5.41, 5.74) is -0.281. The number of carboxylic acids is 1. The summed E-state index contributed by atoms with van der Waals surface area (Å²) in [6, 6.07) is 1.17. The highest BCUT2D eigenvalue weighted by Gasteiger charge is 2.13. The van der Waals surface area contributed by atoms with E-state index in [9.17, 15) is 9.59 Å². The van der Waals surface area contributed by atoms with E-state index >= 15 is 0 Å². The molecule has 0 aromatic carbocycles. The third kappa shape index (κ3) is 1.08. The highest BCUT2D eigenvalue weighted by atomic mass is 16.4. The molecule has 2 aromatic rings. The van der Waals surface area contributed by atoms with Crippen molar-refractivity contribution in [2.24, 2.45) is 7.05 Å². The first kappa shape index (κ1) is 8.49. The summed E-state index contributed by atoms with van der Waals surface area (Å²) in [6.45, 7) is 0. The van der Waals surface area contributed by atoms with E-state index < -0.39 is 5.97 Å². The molecule has 0 bridgehead atoms. The topological polar surface area (TPSA) is 85.3 Å². The number of aryl methyl sites for hydroxylation is 1. The first-order chi connectivity index (χ1) is 6.59. The van der Waals surface area contributed by atoms with Crippen LogP contribution in [-0.4, -0.2) is 20.6 Å². The van der Waals surface area contributed by atoms with Gasteiger partial charge in [-0.1, -0.05) is 0 Å². The molecule has 0 fully saturated rings. The molecule has 0 spiro atoms. The minimum absolute atomic E-state index is 0.0468. The van der Waals surface area contributed by atoms with E-state index in [1.165, 1.54) is 24.0 Å². The van der Waals surface area contributed by atoms with Gasteiger partial charge in [0.1, 0.15) is 11.7 Å². The van der Waals surface area contributed by atoms with Gasteiger partial charge in [0.25, 0.3) is 5.56 Å². The van der Waals surface area contributed by atoms with E-state index in [-0.39, 0.29) is 22.4 Å². The van der Waals surface area contributed by atoms with Gasteiger partial charge in [-0.05, 0) is 0 Å². The number of hydrogen-bond donors (Lipinski definition) is 1. The van der Waals surface area contributed by atoms with Crippen LogP contribution in [0.15, 0.2) is 21.6 Å². The summed E-state index contributed by atoms with van der Waals surface area (Å²) in [5, 5.41) is 8.79. The Morgan fingerprint density at radius 1 is 1.64 bits per heavy atom. The Labute approximate surface area is 77.4 Å². The fraction of sp³-hybridized carbons (Fsp3) is 0.125. The number of carboxylic acid groups (broad SMARTS) is 1. The summed E-state index contributed by atoms with van der Waals surface area (Å²) in [7, 11) is 1.53. The van der Waals surface area contributed by atoms with Crippen LogP contribution in [0.4, 0.5) is 0 Å². The van der Waals surface area contributed by atoms with Gasteiger partial charge in [0, 0.05) is 13.1 Å². The van der Waals surface area contributed by atoms with Gasteiger partial charge in [0.2, 0.25) is 11.5 Å². The molecule has 72 valence electrons. The van der Waals surface area contributed by atoms with Crippen molar-refractivity contribution in [3.05, 3.63) is 28.5 Å². The summed E-state index contributed by atoms with van der Waals surface area (Å²) in [4.78, 5) is 25.7. The van der Waals surface area contributed by atoms with Gasteiger partial charge in [-0.3, -0.25) is 4.79 Å². The third-order valence-electron chi connectivity index (χ3n) is 1.82.